The molecule has 10 heteroatoms. The summed E-state index contributed by atoms with van der Waals surface area (Å²) in [5, 5.41) is 10.3. The van der Waals surface area contributed by atoms with Gasteiger partial charge in [0.1, 0.15) is 11.5 Å². The van der Waals surface area contributed by atoms with Crippen LogP contribution in [0.5, 0.6) is 11.5 Å². The number of nitrogens with two attached hydrogens (primary N) is 1. The Hall–Kier alpha value is -3.11. The molecule has 0 unspecified atom stereocenters. The Kier molecular flexibility index (Phi) is 10.6. The lowest BCUT2D eigenvalue weighted by Crippen LogP contribution is -2.31. The van der Waals surface area contributed by atoms with E-state index in [0.717, 1.165) is 30.6 Å². The molecule has 0 saturated carbocycles. The molecular formula is C23H31N3O6S. The molecule has 0 fully saturated rings. The van der Waals surface area contributed by atoms with Gasteiger partial charge < -0.3 is 19.6 Å². The number of ether oxygens (including phenoxy) is 1. The van der Waals surface area contributed by atoms with Crippen LogP contribution in [0.3, 0.4) is 0 Å². The molecule has 2 rings (SSSR count). The van der Waals surface area contributed by atoms with E-state index in [1.807, 2.05) is 0 Å². The summed E-state index contributed by atoms with van der Waals surface area (Å²) in [5.41, 5.74) is 1.40. The zero-order valence-corrected chi connectivity index (χ0v) is 19.5. The van der Waals surface area contributed by atoms with Crippen molar-refractivity contribution in [3.05, 3.63) is 59.7 Å². The quantitative estimate of drug-likeness (QED) is 0.357. The zero-order chi connectivity index (χ0) is 24.1. The highest BCUT2D eigenvalue weighted by atomic mass is 32.2. The molecule has 2 aromatic carbocycles. The van der Waals surface area contributed by atoms with Crippen LogP contribution in [0.2, 0.25) is 0 Å². The summed E-state index contributed by atoms with van der Waals surface area (Å²) in [7, 11) is -4.05. The van der Waals surface area contributed by atoms with Gasteiger partial charge >= 0.3 is 10.3 Å². The second-order valence-corrected chi connectivity index (χ2v) is 8.56. The van der Waals surface area contributed by atoms with Crippen LogP contribution in [0.25, 0.3) is 0 Å². The molecule has 0 bridgehead atoms. The van der Waals surface area contributed by atoms with E-state index >= 15 is 0 Å². The summed E-state index contributed by atoms with van der Waals surface area (Å²) in [4.78, 5) is 24.2. The SMILES string of the molecule is CCCCCOc1ccc(C(=O)NCCC(=O)NCCc2ccc(OS(N)(=O)=O)cc2)cc1. The van der Waals surface area contributed by atoms with E-state index in [-0.39, 0.29) is 30.5 Å². The monoisotopic (exact) mass is 477 g/mol. The van der Waals surface area contributed by atoms with Gasteiger partial charge in [-0.1, -0.05) is 31.9 Å². The third-order valence-corrected chi connectivity index (χ3v) is 5.07. The molecule has 0 aromatic heterocycles. The van der Waals surface area contributed by atoms with Crippen LogP contribution >= 0.6 is 0 Å². The van der Waals surface area contributed by atoms with Gasteiger partial charge in [0.2, 0.25) is 5.91 Å². The Morgan fingerprint density at radius 2 is 1.58 bits per heavy atom. The normalized spacial score (nSPS) is 11.0. The van der Waals surface area contributed by atoms with Crippen LogP contribution in [0, 0.1) is 0 Å². The maximum atomic E-state index is 12.2. The molecule has 0 aliphatic heterocycles. The number of hydrogen-bond donors (Lipinski definition) is 3. The van der Waals surface area contributed by atoms with Crippen molar-refractivity contribution < 1.29 is 26.9 Å². The van der Waals surface area contributed by atoms with Crippen LogP contribution in [0.15, 0.2) is 48.5 Å². The Morgan fingerprint density at radius 1 is 0.909 bits per heavy atom. The number of hydrogen-bond acceptors (Lipinski definition) is 6. The van der Waals surface area contributed by atoms with Crippen molar-refractivity contribution in [3.8, 4) is 11.5 Å². The zero-order valence-electron chi connectivity index (χ0n) is 18.7. The van der Waals surface area contributed by atoms with E-state index in [1.54, 1.807) is 36.4 Å². The summed E-state index contributed by atoms with van der Waals surface area (Å²) in [5.74, 6) is 0.422. The van der Waals surface area contributed by atoms with Crippen molar-refractivity contribution in [2.24, 2.45) is 5.14 Å². The number of unbranched alkanes of at least 4 members (excludes halogenated alkanes) is 2. The fourth-order valence-electron chi connectivity index (χ4n) is 2.92. The lowest BCUT2D eigenvalue weighted by Gasteiger charge is -2.09. The molecule has 9 nitrogen and oxygen atoms in total. The van der Waals surface area contributed by atoms with Gasteiger partial charge in [0, 0.05) is 25.1 Å². The molecular weight excluding hydrogens is 446 g/mol. The molecule has 0 spiro atoms. The van der Waals surface area contributed by atoms with Crippen molar-refractivity contribution in [2.75, 3.05) is 19.7 Å². The highest BCUT2D eigenvalue weighted by molar-refractivity contribution is 7.84. The first-order valence-corrected chi connectivity index (χ1v) is 12.3. The molecule has 0 aliphatic rings. The summed E-state index contributed by atoms with van der Waals surface area (Å²) in [6.07, 6.45) is 3.98. The van der Waals surface area contributed by atoms with E-state index < -0.39 is 10.3 Å². The number of carbonyl (C=O) groups is 2. The van der Waals surface area contributed by atoms with Crippen LogP contribution in [0.1, 0.15) is 48.5 Å². The van der Waals surface area contributed by atoms with Crippen molar-refractivity contribution in [1.29, 1.82) is 0 Å². The second-order valence-electron chi connectivity index (χ2n) is 7.41. The highest BCUT2D eigenvalue weighted by Gasteiger charge is 2.08. The third-order valence-electron chi connectivity index (χ3n) is 4.64. The van der Waals surface area contributed by atoms with Crippen LogP contribution in [-0.4, -0.2) is 39.9 Å². The Morgan fingerprint density at radius 3 is 2.21 bits per heavy atom. The van der Waals surface area contributed by atoms with Gasteiger partial charge in [-0.3, -0.25) is 9.59 Å². The van der Waals surface area contributed by atoms with Gasteiger partial charge in [0.25, 0.3) is 5.91 Å². The van der Waals surface area contributed by atoms with Crippen molar-refractivity contribution in [3.63, 3.8) is 0 Å². The molecule has 180 valence electrons. The predicted molar refractivity (Wildman–Crippen MR) is 125 cm³/mol. The smallest absolute Gasteiger partial charge is 0.380 e. The molecule has 0 radical (unpaired) electrons. The Bertz CT molecular complexity index is 992. The van der Waals surface area contributed by atoms with Gasteiger partial charge in [0.05, 0.1) is 6.61 Å². The highest BCUT2D eigenvalue weighted by Crippen LogP contribution is 2.14. The van der Waals surface area contributed by atoms with E-state index in [9.17, 15) is 18.0 Å². The summed E-state index contributed by atoms with van der Waals surface area (Å²) in [6.45, 7) is 3.42. The average molecular weight is 478 g/mol. The molecule has 0 heterocycles. The lowest BCUT2D eigenvalue weighted by atomic mass is 10.1. The van der Waals surface area contributed by atoms with E-state index in [0.29, 0.717) is 25.1 Å². The summed E-state index contributed by atoms with van der Waals surface area (Å²) >= 11 is 0. The van der Waals surface area contributed by atoms with Crippen molar-refractivity contribution in [1.82, 2.24) is 10.6 Å². The van der Waals surface area contributed by atoms with E-state index in [4.69, 9.17) is 9.88 Å². The molecule has 2 amide bonds. The van der Waals surface area contributed by atoms with E-state index in [2.05, 4.69) is 21.7 Å². The number of carbonyl (C=O) groups excluding carboxylic acids is 2. The van der Waals surface area contributed by atoms with Gasteiger partial charge in [-0.25, -0.2) is 0 Å². The predicted octanol–water partition coefficient (Wildman–Crippen LogP) is 2.32. The minimum atomic E-state index is -4.05. The van der Waals surface area contributed by atoms with Crippen LogP contribution in [0.4, 0.5) is 0 Å². The Balaban J connectivity index is 1.63. The van der Waals surface area contributed by atoms with Gasteiger partial charge in [-0.2, -0.15) is 13.6 Å². The van der Waals surface area contributed by atoms with Gasteiger partial charge in [-0.05, 0) is 54.8 Å². The van der Waals surface area contributed by atoms with Crippen LogP contribution < -0.4 is 24.7 Å². The number of benzene rings is 2. The first-order valence-electron chi connectivity index (χ1n) is 10.9. The largest absolute Gasteiger partial charge is 0.494 e. The van der Waals surface area contributed by atoms with Crippen LogP contribution in [-0.2, 0) is 21.5 Å². The number of rotatable bonds is 14. The van der Waals surface area contributed by atoms with Gasteiger partial charge in [-0.15, -0.1) is 0 Å². The summed E-state index contributed by atoms with van der Waals surface area (Å²) in [6, 6.07) is 13.3. The molecule has 2 aromatic rings. The third kappa shape index (κ3) is 10.8. The first-order chi connectivity index (χ1) is 15.8. The maximum Gasteiger partial charge on any atom is 0.380 e. The molecule has 33 heavy (non-hydrogen) atoms. The number of nitrogens with one attached hydrogen (secondary N) is 2. The van der Waals surface area contributed by atoms with Gasteiger partial charge in [0.15, 0.2) is 0 Å². The van der Waals surface area contributed by atoms with E-state index in [1.165, 1.54) is 12.1 Å². The second kappa shape index (κ2) is 13.4. The molecule has 4 N–H and O–H groups in total. The minimum Gasteiger partial charge on any atom is -0.494 e. The fraction of sp³-hybridized carbons (Fsp3) is 0.391. The van der Waals surface area contributed by atoms with Crippen molar-refractivity contribution >= 4 is 22.1 Å². The standard InChI is InChI=1S/C23H31N3O6S/c1-2-3-4-17-31-20-11-7-19(8-12-20)23(28)26-16-14-22(27)25-15-13-18-5-9-21(10-6-18)32-33(24,29)30/h5-12H,2-4,13-17H2,1H3,(H,25,27)(H,26,28)(H2,24,29,30). The topological polar surface area (TPSA) is 137 Å². The number of amides is 2. The van der Waals surface area contributed by atoms with Crippen molar-refractivity contribution in [2.45, 2.75) is 39.0 Å². The first kappa shape index (κ1) is 26.1. The molecule has 0 aliphatic carbocycles. The molecule has 0 saturated heterocycles. The lowest BCUT2D eigenvalue weighted by molar-refractivity contribution is -0.120. The molecule has 0 atom stereocenters. The fourth-order valence-corrected chi connectivity index (χ4v) is 3.30. The maximum absolute atomic E-state index is 12.2. The summed E-state index contributed by atoms with van der Waals surface area (Å²) < 4.78 is 32.0. The minimum absolute atomic E-state index is 0.121. The Labute approximate surface area is 194 Å². The average Bonchev–Trinajstić information content (AvgIpc) is 2.77.